The van der Waals surface area contributed by atoms with Gasteiger partial charge in [-0.3, -0.25) is 14.3 Å². The molecule has 158 valence electrons. The first-order valence-corrected chi connectivity index (χ1v) is 9.98. The van der Waals surface area contributed by atoms with E-state index in [1.807, 2.05) is 0 Å². The molecule has 0 radical (unpaired) electrons. The normalized spacial score (nSPS) is 24.7. The number of imidazole rings is 1. The van der Waals surface area contributed by atoms with Crippen LogP contribution in [0.15, 0.2) is 40.4 Å². The van der Waals surface area contributed by atoms with Crippen LogP contribution in [0.3, 0.4) is 0 Å². The fraction of sp³-hybridized carbons (Fsp3) is 0.400. The lowest BCUT2D eigenvalue weighted by molar-refractivity contribution is 0.362. The van der Waals surface area contributed by atoms with Crippen LogP contribution in [0.25, 0.3) is 11.2 Å². The van der Waals surface area contributed by atoms with E-state index in [0.717, 1.165) is 18.8 Å². The number of piperidine rings is 1. The molecule has 0 N–H and O–H groups in total. The summed E-state index contributed by atoms with van der Waals surface area (Å²) in [7, 11) is 1.75. The zero-order chi connectivity index (χ0) is 21.3. The van der Waals surface area contributed by atoms with Gasteiger partial charge in [0.05, 0.1) is 24.4 Å². The standard InChI is InChI=1S/C20H19FN8O2/c1-20-8-28(12-3-11(21)4-22-5-12)6-13(20)15(20)17-25-14(31-26-17)7-29-10-24-18-16(19(29)30)27(2)9-23-18/h3-5,9-10,13,15H,6-8H2,1-2H3/t13-,15+,20?/m0/s1. The predicted octanol–water partition coefficient (Wildman–Crippen LogP) is 1.34. The summed E-state index contributed by atoms with van der Waals surface area (Å²) in [5.74, 6) is 1.22. The second-order valence-corrected chi connectivity index (χ2v) is 8.58. The number of hydrogen-bond acceptors (Lipinski definition) is 8. The largest absolute Gasteiger partial charge is 0.369 e. The third-order valence-corrected chi connectivity index (χ3v) is 6.62. The molecule has 2 aliphatic rings. The predicted molar refractivity (Wildman–Crippen MR) is 107 cm³/mol. The molecule has 5 heterocycles. The Morgan fingerprint density at radius 1 is 1.29 bits per heavy atom. The van der Waals surface area contributed by atoms with Gasteiger partial charge in [-0.1, -0.05) is 12.1 Å². The number of anilines is 1. The number of pyridine rings is 1. The molecule has 0 aromatic carbocycles. The Kier molecular flexibility index (Phi) is 3.63. The van der Waals surface area contributed by atoms with Gasteiger partial charge in [-0.05, 0) is 5.92 Å². The third-order valence-electron chi connectivity index (χ3n) is 6.62. The first-order chi connectivity index (χ1) is 14.9. The average Bonchev–Trinajstić information content (AvgIpc) is 3.19. The highest BCUT2D eigenvalue weighted by Gasteiger charge is 2.68. The SMILES string of the molecule is Cn1cnc2ncn(Cc3nc([C@H]4[C@@H]5CN(c6cncc(F)c6)CC54C)no3)c(=O)c21. The molecule has 1 aliphatic heterocycles. The number of aryl methyl sites for hydroxylation is 1. The van der Waals surface area contributed by atoms with E-state index in [9.17, 15) is 9.18 Å². The van der Waals surface area contributed by atoms with Crippen molar-refractivity contribution in [1.29, 1.82) is 0 Å². The number of fused-ring (bicyclic) bond motifs is 2. The molecule has 1 unspecified atom stereocenters. The van der Waals surface area contributed by atoms with E-state index in [1.54, 1.807) is 24.1 Å². The second kappa shape index (κ2) is 6.19. The molecular formula is C20H19FN8O2. The molecule has 4 aromatic rings. The van der Waals surface area contributed by atoms with Crippen LogP contribution in [-0.2, 0) is 13.6 Å². The zero-order valence-electron chi connectivity index (χ0n) is 16.9. The Morgan fingerprint density at radius 3 is 2.90 bits per heavy atom. The maximum atomic E-state index is 13.5. The van der Waals surface area contributed by atoms with Crippen molar-refractivity contribution in [2.75, 3.05) is 18.0 Å². The minimum absolute atomic E-state index is 0.000521. The van der Waals surface area contributed by atoms with E-state index in [4.69, 9.17) is 4.52 Å². The van der Waals surface area contributed by atoms with Crippen LogP contribution < -0.4 is 10.5 Å². The summed E-state index contributed by atoms with van der Waals surface area (Å²) >= 11 is 0. The Bertz CT molecular complexity index is 1380. The average molecular weight is 422 g/mol. The molecular weight excluding hydrogens is 403 g/mol. The van der Waals surface area contributed by atoms with E-state index in [1.165, 1.54) is 23.2 Å². The monoisotopic (exact) mass is 422 g/mol. The van der Waals surface area contributed by atoms with Gasteiger partial charge in [0.25, 0.3) is 5.56 Å². The van der Waals surface area contributed by atoms with E-state index in [0.29, 0.717) is 28.8 Å². The first kappa shape index (κ1) is 18.2. The Labute approximate surface area is 175 Å². The number of aromatic nitrogens is 7. The summed E-state index contributed by atoms with van der Waals surface area (Å²) in [6.07, 6.45) is 5.89. The molecule has 0 spiro atoms. The van der Waals surface area contributed by atoms with Crippen molar-refractivity contribution in [3.8, 4) is 0 Å². The maximum absolute atomic E-state index is 13.5. The molecule has 31 heavy (non-hydrogen) atoms. The Morgan fingerprint density at radius 2 is 2.13 bits per heavy atom. The van der Waals surface area contributed by atoms with E-state index in [-0.39, 0.29) is 29.3 Å². The van der Waals surface area contributed by atoms with Gasteiger partial charge < -0.3 is 14.0 Å². The lowest BCUT2D eigenvalue weighted by atomic mass is 10.1. The molecule has 4 aromatic heterocycles. The van der Waals surface area contributed by atoms with Crippen LogP contribution in [0.1, 0.15) is 24.6 Å². The molecule has 10 nitrogen and oxygen atoms in total. The number of nitrogens with zero attached hydrogens (tertiary/aromatic N) is 8. The number of rotatable bonds is 4. The van der Waals surface area contributed by atoms with Crippen LogP contribution in [0.4, 0.5) is 10.1 Å². The van der Waals surface area contributed by atoms with Gasteiger partial charge >= 0.3 is 0 Å². The summed E-state index contributed by atoms with van der Waals surface area (Å²) in [6.45, 7) is 3.90. The molecule has 1 saturated heterocycles. The van der Waals surface area contributed by atoms with Crippen LogP contribution in [0, 0.1) is 17.2 Å². The van der Waals surface area contributed by atoms with Gasteiger partial charge in [0.1, 0.15) is 18.7 Å². The van der Waals surface area contributed by atoms with Crippen molar-refractivity contribution >= 4 is 16.9 Å². The van der Waals surface area contributed by atoms with E-state index < -0.39 is 0 Å². The summed E-state index contributed by atoms with van der Waals surface area (Å²) in [6, 6.07) is 1.51. The maximum Gasteiger partial charge on any atom is 0.280 e. The number of hydrogen-bond donors (Lipinski definition) is 0. The first-order valence-electron chi connectivity index (χ1n) is 9.98. The van der Waals surface area contributed by atoms with Crippen molar-refractivity contribution in [2.24, 2.45) is 18.4 Å². The molecule has 2 fully saturated rings. The topological polar surface area (TPSA) is 108 Å². The van der Waals surface area contributed by atoms with Gasteiger partial charge in [-0.2, -0.15) is 4.98 Å². The fourth-order valence-corrected chi connectivity index (χ4v) is 4.94. The molecule has 11 heteroatoms. The van der Waals surface area contributed by atoms with Gasteiger partial charge in [0.15, 0.2) is 17.0 Å². The summed E-state index contributed by atoms with van der Waals surface area (Å²) in [5.41, 5.74) is 1.42. The second-order valence-electron chi connectivity index (χ2n) is 8.58. The van der Waals surface area contributed by atoms with Crippen molar-refractivity contribution < 1.29 is 8.91 Å². The summed E-state index contributed by atoms with van der Waals surface area (Å²) < 4.78 is 22.0. The summed E-state index contributed by atoms with van der Waals surface area (Å²) in [5, 5.41) is 4.18. The van der Waals surface area contributed by atoms with Gasteiger partial charge in [-0.15, -0.1) is 0 Å². The van der Waals surface area contributed by atoms with Crippen LogP contribution >= 0.6 is 0 Å². The highest BCUT2D eigenvalue weighted by Crippen LogP contribution is 2.68. The van der Waals surface area contributed by atoms with Crippen molar-refractivity contribution in [2.45, 2.75) is 19.4 Å². The van der Waals surface area contributed by atoms with E-state index >= 15 is 0 Å². The quantitative estimate of drug-likeness (QED) is 0.485. The smallest absolute Gasteiger partial charge is 0.280 e. The minimum Gasteiger partial charge on any atom is -0.369 e. The summed E-state index contributed by atoms with van der Waals surface area (Å²) in [4.78, 5) is 31.7. The molecule has 0 bridgehead atoms. The highest BCUT2D eigenvalue weighted by molar-refractivity contribution is 5.68. The Balaban J connectivity index is 1.20. The third kappa shape index (κ3) is 2.69. The zero-order valence-corrected chi connectivity index (χ0v) is 16.9. The highest BCUT2D eigenvalue weighted by atomic mass is 19.1. The van der Waals surface area contributed by atoms with Crippen molar-refractivity contribution in [3.05, 3.63) is 59.0 Å². The van der Waals surface area contributed by atoms with Crippen LogP contribution in [0.2, 0.25) is 0 Å². The Hall–Kier alpha value is -3.63. The molecule has 6 rings (SSSR count). The van der Waals surface area contributed by atoms with Gasteiger partial charge in [0.2, 0.25) is 5.89 Å². The fourth-order valence-electron chi connectivity index (χ4n) is 4.94. The van der Waals surface area contributed by atoms with Crippen molar-refractivity contribution in [3.63, 3.8) is 0 Å². The van der Waals surface area contributed by atoms with Crippen LogP contribution in [-0.4, -0.2) is 47.3 Å². The lowest BCUT2D eigenvalue weighted by Gasteiger charge is -2.23. The van der Waals surface area contributed by atoms with Crippen LogP contribution in [0.5, 0.6) is 0 Å². The minimum atomic E-state index is -0.336. The molecule has 3 atom stereocenters. The van der Waals surface area contributed by atoms with Gasteiger partial charge in [0, 0.05) is 37.5 Å². The molecule has 0 amide bonds. The lowest BCUT2D eigenvalue weighted by Crippen LogP contribution is -2.26. The molecule has 1 saturated carbocycles. The molecule has 1 aliphatic carbocycles. The van der Waals surface area contributed by atoms with Crippen molar-refractivity contribution in [1.82, 2.24) is 34.2 Å². The van der Waals surface area contributed by atoms with E-state index in [2.05, 4.69) is 36.9 Å². The van der Waals surface area contributed by atoms with Gasteiger partial charge in [-0.25, -0.2) is 14.4 Å². The number of halogens is 1.